The van der Waals surface area contributed by atoms with E-state index in [1.807, 2.05) is 6.92 Å². The van der Waals surface area contributed by atoms with E-state index in [2.05, 4.69) is 6.92 Å². The van der Waals surface area contributed by atoms with E-state index in [1.165, 1.54) is 31.4 Å². The van der Waals surface area contributed by atoms with Crippen molar-refractivity contribution in [1.29, 1.82) is 0 Å². The summed E-state index contributed by atoms with van der Waals surface area (Å²) < 4.78 is 18.9. The van der Waals surface area contributed by atoms with Crippen LogP contribution in [-0.4, -0.2) is 6.10 Å². The topological polar surface area (TPSA) is 35.2 Å². The van der Waals surface area contributed by atoms with Crippen molar-refractivity contribution in [3.63, 3.8) is 0 Å². The molecular weight excluding hydrogens is 253 g/mol. The van der Waals surface area contributed by atoms with E-state index >= 15 is 0 Å². The number of hydrogen-bond acceptors (Lipinski definition) is 2. The van der Waals surface area contributed by atoms with Gasteiger partial charge in [0.1, 0.15) is 11.6 Å². The molecule has 0 aromatic heterocycles. The highest BCUT2D eigenvalue weighted by molar-refractivity contribution is 6.31. The highest BCUT2D eigenvalue weighted by Crippen LogP contribution is 2.29. The Labute approximate surface area is 113 Å². The summed E-state index contributed by atoms with van der Waals surface area (Å²) in [5.74, 6) is -0.126. The van der Waals surface area contributed by atoms with Gasteiger partial charge in [-0.2, -0.15) is 0 Å². The lowest BCUT2D eigenvalue weighted by Gasteiger charge is -2.16. The van der Waals surface area contributed by atoms with E-state index in [0.29, 0.717) is 11.4 Å². The Kier molecular flexibility index (Phi) is 6.27. The Morgan fingerprint density at radius 3 is 2.72 bits per heavy atom. The summed E-state index contributed by atoms with van der Waals surface area (Å²) in [6, 6.07) is 2.64. The number of nitrogens with two attached hydrogens (primary N) is 1. The second-order valence-corrected chi connectivity index (χ2v) is 4.99. The first-order valence-electron chi connectivity index (χ1n) is 6.45. The molecule has 0 saturated carbocycles. The average Bonchev–Trinajstić information content (AvgIpc) is 2.32. The number of nitrogen functional groups attached to an aromatic ring is 1. The summed E-state index contributed by atoms with van der Waals surface area (Å²) in [5, 5.41) is 0.0236. The van der Waals surface area contributed by atoms with E-state index in [-0.39, 0.29) is 11.1 Å². The second-order valence-electron chi connectivity index (χ2n) is 4.58. The van der Waals surface area contributed by atoms with Crippen LogP contribution in [0.1, 0.15) is 46.0 Å². The van der Waals surface area contributed by atoms with Crippen molar-refractivity contribution in [3.05, 3.63) is 23.0 Å². The van der Waals surface area contributed by atoms with Crippen LogP contribution in [0.4, 0.5) is 10.1 Å². The van der Waals surface area contributed by atoms with Crippen molar-refractivity contribution in [1.82, 2.24) is 0 Å². The monoisotopic (exact) mass is 273 g/mol. The quantitative estimate of drug-likeness (QED) is 0.572. The van der Waals surface area contributed by atoms with Crippen molar-refractivity contribution in [3.8, 4) is 5.75 Å². The highest BCUT2D eigenvalue weighted by atomic mass is 35.5. The van der Waals surface area contributed by atoms with E-state index in [4.69, 9.17) is 22.1 Å². The Morgan fingerprint density at radius 2 is 2.06 bits per heavy atom. The third-order valence-corrected chi connectivity index (χ3v) is 3.13. The molecule has 0 aliphatic carbocycles. The first-order valence-corrected chi connectivity index (χ1v) is 6.83. The van der Waals surface area contributed by atoms with Crippen LogP contribution in [0.3, 0.4) is 0 Å². The van der Waals surface area contributed by atoms with Gasteiger partial charge < -0.3 is 10.5 Å². The molecule has 1 unspecified atom stereocenters. The molecule has 0 fully saturated rings. The molecule has 0 spiro atoms. The second kappa shape index (κ2) is 7.47. The zero-order valence-corrected chi connectivity index (χ0v) is 11.8. The molecule has 0 bridgehead atoms. The van der Waals surface area contributed by atoms with E-state index in [0.717, 1.165) is 12.8 Å². The molecule has 1 rings (SSSR count). The van der Waals surface area contributed by atoms with Crippen LogP contribution < -0.4 is 10.5 Å². The molecule has 0 radical (unpaired) electrons. The third-order valence-electron chi connectivity index (χ3n) is 2.85. The van der Waals surface area contributed by atoms with Crippen molar-refractivity contribution < 1.29 is 9.13 Å². The lowest BCUT2D eigenvalue weighted by Crippen LogP contribution is -2.12. The van der Waals surface area contributed by atoms with Gasteiger partial charge in [-0.05, 0) is 25.8 Å². The highest BCUT2D eigenvalue weighted by Gasteiger charge is 2.10. The van der Waals surface area contributed by atoms with E-state index < -0.39 is 5.82 Å². The lowest BCUT2D eigenvalue weighted by atomic mass is 10.1. The minimum atomic E-state index is -0.501. The predicted octanol–water partition coefficient (Wildman–Crippen LogP) is 4.80. The largest absolute Gasteiger partial charge is 0.488 e. The molecule has 2 nitrogen and oxygen atoms in total. The van der Waals surface area contributed by atoms with Crippen molar-refractivity contribution >= 4 is 17.3 Å². The zero-order chi connectivity index (χ0) is 13.5. The number of unbranched alkanes of at least 4 members (excludes halogenated alkanes) is 3. The fourth-order valence-electron chi connectivity index (χ4n) is 1.78. The molecular formula is C14H21ClFNO. The Morgan fingerprint density at radius 1 is 1.33 bits per heavy atom. The number of halogens is 2. The minimum Gasteiger partial charge on any atom is -0.488 e. The molecule has 0 saturated heterocycles. The Balaban J connectivity index is 2.48. The van der Waals surface area contributed by atoms with Gasteiger partial charge in [0.05, 0.1) is 16.8 Å². The molecule has 0 aliphatic rings. The van der Waals surface area contributed by atoms with Gasteiger partial charge in [-0.25, -0.2) is 4.39 Å². The smallest absolute Gasteiger partial charge is 0.145 e. The Bertz CT molecular complexity index is 384. The summed E-state index contributed by atoms with van der Waals surface area (Å²) in [5.41, 5.74) is 6.12. The van der Waals surface area contributed by atoms with Crippen LogP contribution in [0, 0.1) is 5.82 Å². The fourth-order valence-corrected chi connectivity index (χ4v) is 1.95. The van der Waals surface area contributed by atoms with E-state index in [9.17, 15) is 4.39 Å². The van der Waals surface area contributed by atoms with Crippen molar-refractivity contribution in [2.24, 2.45) is 0 Å². The summed E-state index contributed by atoms with van der Waals surface area (Å²) in [4.78, 5) is 0. The molecule has 1 aromatic rings. The standard InChI is InChI=1S/C14H21ClFNO/c1-3-4-5-6-7-10(2)18-14-9-12(16)11(15)8-13(14)17/h8-10H,3-7,17H2,1-2H3. The number of ether oxygens (including phenoxy) is 1. The van der Waals surface area contributed by atoms with Crippen LogP contribution in [0.25, 0.3) is 0 Å². The summed E-state index contributed by atoms with van der Waals surface area (Å²) >= 11 is 5.63. The maximum Gasteiger partial charge on any atom is 0.145 e. The minimum absolute atomic E-state index is 0.0236. The molecule has 102 valence electrons. The van der Waals surface area contributed by atoms with Crippen LogP contribution in [0.5, 0.6) is 5.75 Å². The Hall–Kier alpha value is -0.960. The van der Waals surface area contributed by atoms with Gasteiger partial charge >= 0.3 is 0 Å². The fraction of sp³-hybridized carbons (Fsp3) is 0.571. The van der Waals surface area contributed by atoms with Crippen LogP contribution in [0.15, 0.2) is 12.1 Å². The first kappa shape index (κ1) is 15.1. The number of anilines is 1. The van der Waals surface area contributed by atoms with Gasteiger partial charge in [-0.3, -0.25) is 0 Å². The molecule has 1 atom stereocenters. The van der Waals surface area contributed by atoms with Gasteiger partial charge in [0, 0.05) is 6.07 Å². The summed E-state index contributed by atoms with van der Waals surface area (Å²) in [7, 11) is 0. The summed E-state index contributed by atoms with van der Waals surface area (Å²) in [6.07, 6.45) is 5.75. The molecule has 1 aromatic carbocycles. The SMILES string of the molecule is CCCCCCC(C)Oc1cc(F)c(Cl)cc1N. The predicted molar refractivity (Wildman–Crippen MR) is 74.7 cm³/mol. The maximum atomic E-state index is 13.3. The van der Waals surface area contributed by atoms with Gasteiger partial charge in [-0.15, -0.1) is 0 Å². The van der Waals surface area contributed by atoms with Gasteiger partial charge in [0.15, 0.2) is 0 Å². The molecule has 0 heterocycles. The van der Waals surface area contributed by atoms with Gasteiger partial charge in [0.2, 0.25) is 0 Å². The normalized spacial score (nSPS) is 12.4. The number of benzene rings is 1. The maximum absolute atomic E-state index is 13.3. The van der Waals surface area contributed by atoms with Crippen LogP contribution in [0.2, 0.25) is 5.02 Å². The lowest BCUT2D eigenvalue weighted by molar-refractivity contribution is 0.207. The van der Waals surface area contributed by atoms with Crippen molar-refractivity contribution in [2.75, 3.05) is 5.73 Å². The molecule has 18 heavy (non-hydrogen) atoms. The van der Waals surface area contributed by atoms with Crippen LogP contribution in [-0.2, 0) is 0 Å². The number of rotatable bonds is 7. The summed E-state index contributed by atoms with van der Waals surface area (Å²) in [6.45, 7) is 4.15. The van der Waals surface area contributed by atoms with Crippen molar-refractivity contribution in [2.45, 2.75) is 52.1 Å². The molecule has 2 N–H and O–H groups in total. The van der Waals surface area contributed by atoms with Gasteiger partial charge in [-0.1, -0.05) is 37.8 Å². The molecule has 0 amide bonds. The van der Waals surface area contributed by atoms with E-state index in [1.54, 1.807) is 0 Å². The number of hydrogen-bond donors (Lipinski definition) is 1. The average molecular weight is 274 g/mol. The molecule has 4 heteroatoms. The van der Waals surface area contributed by atoms with Gasteiger partial charge in [0.25, 0.3) is 0 Å². The zero-order valence-electron chi connectivity index (χ0n) is 11.0. The molecule has 0 aliphatic heterocycles. The van der Waals surface area contributed by atoms with Crippen LogP contribution >= 0.6 is 11.6 Å². The third kappa shape index (κ3) is 4.73. The first-order chi connectivity index (χ1) is 8.54.